The molecule has 0 aromatic carbocycles. The number of aliphatic hydroxyl groups excluding tert-OH is 2. The molecule has 4 nitrogen and oxygen atoms in total. The van der Waals surface area contributed by atoms with Crippen LogP contribution in [0.15, 0.2) is 0 Å². The van der Waals surface area contributed by atoms with Crippen LogP contribution in [0.3, 0.4) is 0 Å². The van der Waals surface area contributed by atoms with Gasteiger partial charge in [0.2, 0.25) is 0 Å². The zero-order valence-corrected chi connectivity index (χ0v) is 10.3. The third kappa shape index (κ3) is 4.70. The molecule has 4 N–H and O–H groups in total. The topological polar surface area (TPSA) is 64.5 Å². The summed E-state index contributed by atoms with van der Waals surface area (Å²) in [6.07, 6.45) is 1.78. The van der Waals surface area contributed by atoms with Gasteiger partial charge in [-0.05, 0) is 13.3 Å². The van der Waals surface area contributed by atoms with Gasteiger partial charge in [0.1, 0.15) is 0 Å². The molecule has 3 unspecified atom stereocenters. The molecule has 0 aromatic heterocycles. The maximum atomic E-state index is 9.55. The summed E-state index contributed by atoms with van der Waals surface area (Å²) >= 11 is 1.80. The fourth-order valence-electron chi connectivity index (χ4n) is 1.59. The van der Waals surface area contributed by atoms with Crippen molar-refractivity contribution in [1.82, 2.24) is 10.6 Å². The highest BCUT2D eigenvalue weighted by Crippen LogP contribution is 2.37. The zero-order chi connectivity index (χ0) is 11.3. The molecule has 0 radical (unpaired) electrons. The molecule has 4 atom stereocenters. The Labute approximate surface area is 95.8 Å². The number of rotatable bonds is 8. The standard InChI is InChI=1S/C10H22N2O2S/c1-3-4-8(7(2)14)12-10-9(15-10)11-5-6-13/h7-14H,3-6H2,1-2H3/t7?,8?,9?,10-/m1/s1. The molecule has 15 heavy (non-hydrogen) atoms. The third-order valence-electron chi connectivity index (χ3n) is 2.51. The zero-order valence-electron chi connectivity index (χ0n) is 9.44. The molecule has 0 amide bonds. The average molecular weight is 234 g/mol. The first-order valence-corrected chi connectivity index (χ1v) is 6.57. The van der Waals surface area contributed by atoms with Crippen molar-refractivity contribution in [3.05, 3.63) is 0 Å². The van der Waals surface area contributed by atoms with Gasteiger partial charge in [-0.3, -0.25) is 5.32 Å². The summed E-state index contributed by atoms with van der Waals surface area (Å²) in [5.41, 5.74) is 0. The van der Waals surface area contributed by atoms with Gasteiger partial charge in [-0.2, -0.15) is 0 Å². The molecule has 1 aliphatic heterocycles. The van der Waals surface area contributed by atoms with E-state index in [2.05, 4.69) is 17.6 Å². The Morgan fingerprint density at radius 2 is 2.13 bits per heavy atom. The van der Waals surface area contributed by atoms with E-state index in [1.807, 2.05) is 6.92 Å². The monoisotopic (exact) mass is 234 g/mol. The lowest BCUT2D eigenvalue weighted by Crippen LogP contribution is -2.42. The molecule has 0 bridgehead atoms. The fourth-order valence-corrected chi connectivity index (χ4v) is 2.45. The van der Waals surface area contributed by atoms with E-state index in [4.69, 9.17) is 5.11 Å². The van der Waals surface area contributed by atoms with Crippen molar-refractivity contribution in [2.75, 3.05) is 13.2 Å². The minimum absolute atomic E-state index is 0.179. The maximum absolute atomic E-state index is 9.55. The van der Waals surface area contributed by atoms with Gasteiger partial charge >= 0.3 is 0 Å². The predicted octanol–water partition coefficient (Wildman–Crippen LogP) is 0.106. The van der Waals surface area contributed by atoms with E-state index in [9.17, 15) is 5.11 Å². The number of aliphatic hydroxyl groups is 2. The van der Waals surface area contributed by atoms with Gasteiger partial charge in [0.05, 0.1) is 23.5 Å². The highest BCUT2D eigenvalue weighted by atomic mass is 32.2. The molecule has 0 saturated carbocycles. The van der Waals surface area contributed by atoms with Crippen LogP contribution >= 0.6 is 11.8 Å². The lowest BCUT2D eigenvalue weighted by molar-refractivity contribution is 0.139. The van der Waals surface area contributed by atoms with Crippen LogP contribution in [0.5, 0.6) is 0 Å². The first-order chi connectivity index (χ1) is 7.19. The molecular weight excluding hydrogens is 212 g/mol. The van der Waals surface area contributed by atoms with Crippen LogP contribution in [0.25, 0.3) is 0 Å². The quantitative estimate of drug-likeness (QED) is 0.449. The van der Waals surface area contributed by atoms with Crippen molar-refractivity contribution in [3.63, 3.8) is 0 Å². The van der Waals surface area contributed by atoms with Gasteiger partial charge in [-0.25, -0.2) is 0 Å². The SMILES string of the molecule is CCCC(N[C@@H]1SC1NCCO)C(C)O. The van der Waals surface area contributed by atoms with Crippen LogP contribution in [-0.2, 0) is 0 Å². The van der Waals surface area contributed by atoms with E-state index >= 15 is 0 Å². The molecular formula is C10H22N2O2S. The summed E-state index contributed by atoms with van der Waals surface area (Å²) in [5, 5.41) is 25.6. The van der Waals surface area contributed by atoms with Crippen molar-refractivity contribution in [2.24, 2.45) is 0 Å². The van der Waals surface area contributed by atoms with E-state index in [1.54, 1.807) is 11.8 Å². The molecule has 1 saturated heterocycles. The minimum atomic E-state index is -0.301. The second kappa shape index (κ2) is 6.70. The molecule has 0 aromatic rings. The Kier molecular flexibility index (Phi) is 5.92. The van der Waals surface area contributed by atoms with Gasteiger partial charge in [-0.15, -0.1) is 11.8 Å². The molecule has 5 heteroatoms. The molecule has 90 valence electrons. The van der Waals surface area contributed by atoms with Crippen LogP contribution in [0.2, 0.25) is 0 Å². The van der Waals surface area contributed by atoms with E-state index in [0.29, 0.717) is 17.3 Å². The Hall–Kier alpha value is 0.190. The molecule has 1 rings (SSSR count). The number of nitrogens with one attached hydrogen (secondary N) is 2. The Morgan fingerprint density at radius 3 is 2.67 bits per heavy atom. The normalized spacial score (nSPS) is 28.8. The summed E-state index contributed by atoms with van der Waals surface area (Å²) in [7, 11) is 0. The first-order valence-electron chi connectivity index (χ1n) is 5.62. The Morgan fingerprint density at radius 1 is 1.40 bits per heavy atom. The smallest absolute Gasteiger partial charge is 0.0803 e. The highest BCUT2D eigenvalue weighted by molar-refractivity contribution is 8.07. The minimum Gasteiger partial charge on any atom is -0.395 e. The van der Waals surface area contributed by atoms with Gasteiger partial charge in [-0.1, -0.05) is 13.3 Å². The lowest BCUT2D eigenvalue weighted by atomic mass is 10.1. The molecule has 1 fully saturated rings. The summed E-state index contributed by atoms with van der Waals surface area (Å²) in [6.45, 7) is 4.77. The van der Waals surface area contributed by atoms with Gasteiger partial charge in [0.25, 0.3) is 0 Å². The van der Waals surface area contributed by atoms with Crippen molar-refractivity contribution in [2.45, 2.75) is 49.6 Å². The molecule has 1 heterocycles. The summed E-state index contributed by atoms with van der Waals surface area (Å²) < 4.78 is 0. The molecule has 1 aliphatic rings. The second-order valence-corrected chi connectivity index (χ2v) is 5.25. The lowest BCUT2D eigenvalue weighted by Gasteiger charge is -2.20. The Balaban J connectivity index is 2.17. The molecule has 0 aliphatic carbocycles. The highest BCUT2D eigenvalue weighted by Gasteiger charge is 2.39. The van der Waals surface area contributed by atoms with Crippen molar-refractivity contribution >= 4 is 11.8 Å². The van der Waals surface area contributed by atoms with Crippen molar-refractivity contribution in [1.29, 1.82) is 0 Å². The predicted molar refractivity (Wildman–Crippen MR) is 63.8 cm³/mol. The maximum Gasteiger partial charge on any atom is 0.0803 e. The second-order valence-electron chi connectivity index (χ2n) is 3.96. The Bertz CT molecular complexity index is 181. The number of hydrogen-bond acceptors (Lipinski definition) is 5. The van der Waals surface area contributed by atoms with Crippen LogP contribution in [0, 0.1) is 0 Å². The van der Waals surface area contributed by atoms with Gasteiger partial charge < -0.3 is 15.5 Å². The summed E-state index contributed by atoms with van der Waals surface area (Å²) in [6, 6.07) is 0.188. The van der Waals surface area contributed by atoms with Crippen LogP contribution in [-0.4, -0.2) is 46.3 Å². The fraction of sp³-hybridized carbons (Fsp3) is 1.00. The first kappa shape index (κ1) is 13.3. The van der Waals surface area contributed by atoms with Crippen LogP contribution < -0.4 is 10.6 Å². The van der Waals surface area contributed by atoms with Crippen molar-refractivity contribution in [3.8, 4) is 0 Å². The van der Waals surface area contributed by atoms with Crippen molar-refractivity contribution < 1.29 is 10.2 Å². The largest absolute Gasteiger partial charge is 0.395 e. The third-order valence-corrected chi connectivity index (χ3v) is 3.63. The van der Waals surface area contributed by atoms with E-state index < -0.39 is 0 Å². The van der Waals surface area contributed by atoms with Gasteiger partial charge in [0.15, 0.2) is 0 Å². The van der Waals surface area contributed by atoms with Crippen LogP contribution in [0.4, 0.5) is 0 Å². The summed E-state index contributed by atoms with van der Waals surface area (Å²) in [5.74, 6) is 0. The average Bonchev–Trinajstić information content (AvgIpc) is 2.93. The summed E-state index contributed by atoms with van der Waals surface area (Å²) in [4.78, 5) is 0. The van der Waals surface area contributed by atoms with Crippen LogP contribution in [0.1, 0.15) is 26.7 Å². The van der Waals surface area contributed by atoms with E-state index in [-0.39, 0.29) is 18.8 Å². The van der Waals surface area contributed by atoms with E-state index in [0.717, 1.165) is 12.8 Å². The molecule has 0 spiro atoms. The number of thioether (sulfide) groups is 1. The van der Waals surface area contributed by atoms with E-state index in [1.165, 1.54) is 0 Å². The van der Waals surface area contributed by atoms with Gasteiger partial charge in [0, 0.05) is 12.6 Å². The number of hydrogen-bond donors (Lipinski definition) is 4.